The van der Waals surface area contributed by atoms with Crippen LogP contribution in [0.15, 0.2) is 36.4 Å². The Bertz CT molecular complexity index is 757. The molecule has 2 aromatic rings. The second-order valence-electron chi connectivity index (χ2n) is 6.59. The quantitative estimate of drug-likeness (QED) is 0.654. The van der Waals surface area contributed by atoms with Crippen LogP contribution < -0.4 is 4.74 Å². The van der Waals surface area contributed by atoms with Gasteiger partial charge in [-0.3, -0.25) is 0 Å². The second kappa shape index (κ2) is 7.53. The van der Waals surface area contributed by atoms with Gasteiger partial charge < -0.3 is 4.74 Å². The van der Waals surface area contributed by atoms with Gasteiger partial charge in [-0.05, 0) is 53.5 Å². The maximum Gasteiger partial charge on any atom is 0.127 e. The lowest BCUT2D eigenvalue weighted by molar-refractivity contribution is 0.302. The lowest BCUT2D eigenvalue weighted by Crippen LogP contribution is -2.07. The number of rotatable bonds is 6. The summed E-state index contributed by atoms with van der Waals surface area (Å²) in [5.74, 6) is 1.60. The molecule has 2 nitrogen and oxygen atoms in total. The van der Waals surface area contributed by atoms with Crippen LogP contribution in [0.4, 0.5) is 0 Å². The zero-order valence-corrected chi connectivity index (χ0v) is 14.6. The predicted octanol–water partition coefficient (Wildman–Crippen LogP) is 6.00. The van der Waals surface area contributed by atoms with E-state index in [0.29, 0.717) is 18.9 Å². The van der Waals surface area contributed by atoms with Crippen molar-refractivity contribution in [2.45, 2.75) is 58.5 Å². The Morgan fingerprint density at radius 3 is 2.75 bits per heavy atom. The average Bonchev–Trinajstić information content (AvgIpc) is 2.63. The maximum atomic E-state index is 8.76. The lowest BCUT2D eigenvalue weighted by Gasteiger charge is -2.24. The third kappa shape index (κ3) is 3.31. The molecule has 0 spiro atoms. The number of fused-ring (bicyclic) bond motifs is 3. The molecule has 0 N–H and O–H groups in total. The number of ether oxygens (including phenoxy) is 1. The molecule has 0 fully saturated rings. The summed E-state index contributed by atoms with van der Waals surface area (Å²) in [4.78, 5) is 0. The molecule has 3 rings (SSSR count). The Hall–Kier alpha value is -2.27. The van der Waals surface area contributed by atoms with Gasteiger partial charge in [-0.25, -0.2) is 0 Å². The van der Waals surface area contributed by atoms with Crippen molar-refractivity contribution < 1.29 is 4.74 Å². The van der Waals surface area contributed by atoms with Gasteiger partial charge in [0.15, 0.2) is 0 Å². The Balaban J connectivity index is 1.96. The fourth-order valence-electron chi connectivity index (χ4n) is 3.60. The van der Waals surface area contributed by atoms with Crippen molar-refractivity contribution in [2.75, 3.05) is 0 Å². The number of nitrogens with zero attached hydrogens (tertiary/aromatic N) is 1. The number of hydrogen-bond donors (Lipinski definition) is 0. The molecule has 0 radical (unpaired) electrons. The van der Waals surface area contributed by atoms with Crippen molar-refractivity contribution in [2.24, 2.45) is 0 Å². The number of hydrogen-bond acceptors (Lipinski definition) is 2. The first-order valence-electron chi connectivity index (χ1n) is 9.02. The van der Waals surface area contributed by atoms with Gasteiger partial charge in [-0.15, -0.1) is 0 Å². The third-order valence-electron chi connectivity index (χ3n) is 4.98. The molecule has 0 aromatic heterocycles. The number of benzene rings is 2. The van der Waals surface area contributed by atoms with E-state index in [2.05, 4.69) is 56.3 Å². The van der Waals surface area contributed by atoms with Crippen LogP contribution in [-0.2, 0) is 13.0 Å². The topological polar surface area (TPSA) is 33.0 Å². The minimum atomic E-state index is 0.550. The summed E-state index contributed by atoms with van der Waals surface area (Å²) in [6.45, 7) is 5.17. The minimum Gasteiger partial charge on any atom is -0.488 e. The molecule has 1 heterocycles. The summed E-state index contributed by atoms with van der Waals surface area (Å²) in [5, 5.41) is 8.76. The van der Waals surface area contributed by atoms with Gasteiger partial charge >= 0.3 is 0 Å². The van der Waals surface area contributed by atoms with Crippen molar-refractivity contribution >= 4 is 0 Å². The summed E-state index contributed by atoms with van der Waals surface area (Å²) in [5.41, 5.74) is 6.38. The molecule has 1 aliphatic heterocycles. The van der Waals surface area contributed by atoms with Gasteiger partial charge in [0.2, 0.25) is 0 Å². The standard InChI is InChI=1S/C22H25NO/c1-3-6-17(4-2)18-9-10-19-15-24-22-13-16(7-5-12-23)8-11-20(22)21(19)14-18/h8-11,13-14,17H,3-7,15H2,1-2H3. The minimum absolute atomic E-state index is 0.550. The van der Waals surface area contributed by atoms with Crippen molar-refractivity contribution in [3.8, 4) is 22.9 Å². The molecular weight excluding hydrogens is 294 g/mol. The van der Waals surface area contributed by atoms with E-state index in [1.807, 2.05) is 0 Å². The van der Waals surface area contributed by atoms with Crippen molar-refractivity contribution in [3.05, 3.63) is 53.1 Å². The first-order valence-corrected chi connectivity index (χ1v) is 9.02. The monoisotopic (exact) mass is 319 g/mol. The van der Waals surface area contributed by atoms with Crippen LogP contribution in [-0.4, -0.2) is 0 Å². The maximum absolute atomic E-state index is 8.76. The first-order chi connectivity index (χ1) is 11.8. The molecule has 1 atom stereocenters. The number of aryl methyl sites for hydroxylation is 1. The Kier molecular flexibility index (Phi) is 5.20. The van der Waals surface area contributed by atoms with E-state index in [1.54, 1.807) is 0 Å². The van der Waals surface area contributed by atoms with Crippen LogP contribution in [0, 0.1) is 11.3 Å². The highest BCUT2D eigenvalue weighted by Gasteiger charge is 2.19. The van der Waals surface area contributed by atoms with Crippen molar-refractivity contribution in [1.29, 1.82) is 5.26 Å². The van der Waals surface area contributed by atoms with E-state index < -0.39 is 0 Å². The SMILES string of the molecule is CCCC(CC)c1ccc2c(c1)-c1ccc(CCC#N)cc1OC2. The van der Waals surface area contributed by atoms with Gasteiger partial charge in [0, 0.05) is 12.0 Å². The van der Waals surface area contributed by atoms with Gasteiger partial charge in [0.25, 0.3) is 0 Å². The van der Waals surface area contributed by atoms with Crippen LogP contribution >= 0.6 is 0 Å². The molecule has 0 saturated heterocycles. The third-order valence-corrected chi connectivity index (χ3v) is 4.98. The first kappa shape index (κ1) is 16.6. The van der Waals surface area contributed by atoms with Crippen molar-refractivity contribution in [3.63, 3.8) is 0 Å². The van der Waals surface area contributed by atoms with Crippen LogP contribution in [0.25, 0.3) is 11.1 Å². The molecule has 0 aliphatic carbocycles. The normalized spacial score (nSPS) is 13.4. The molecule has 1 unspecified atom stereocenters. The molecule has 124 valence electrons. The highest BCUT2D eigenvalue weighted by Crippen LogP contribution is 2.40. The highest BCUT2D eigenvalue weighted by atomic mass is 16.5. The highest BCUT2D eigenvalue weighted by molar-refractivity contribution is 5.76. The number of nitriles is 1. The Morgan fingerprint density at radius 2 is 2.00 bits per heavy atom. The van der Waals surface area contributed by atoms with E-state index in [9.17, 15) is 0 Å². The zero-order chi connectivity index (χ0) is 16.9. The van der Waals surface area contributed by atoms with E-state index in [0.717, 1.165) is 12.2 Å². The van der Waals surface area contributed by atoms with Crippen LogP contribution in [0.5, 0.6) is 5.75 Å². The zero-order valence-electron chi connectivity index (χ0n) is 14.6. The fourth-order valence-corrected chi connectivity index (χ4v) is 3.60. The Morgan fingerprint density at radius 1 is 1.12 bits per heavy atom. The summed E-state index contributed by atoms with van der Waals surface area (Å²) in [6, 6.07) is 15.5. The van der Waals surface area contributed by atoms with Gasteiger partial charge in [-0.1, -0.05) is 50.6 Å². The van der Waals surface area contributed by atoms with Crippen LogP contribution in [0.3, 0.4) is 0 Å². The van der Waals surface area contributed by atoms with E-state index >= 15 is 0 Å². The smallest absolute Gasteiger partial charge is 0.127 e. The molecule has 1 aliphatic rings. The second-order valence-corrected chi connectivity index (χ2v) is 6.59. The van der Waals surface area contributed by atoms with Crippen LogP contribution in [0.2, 0.25) is 0 Å². The molecular formula is C22H25NO. The molecule has 0 saturated carbocycles. The summed E-state index contributed by atoms with van der Waals surface area (Å²) in [7, 11) is 0. The summed E-state index contributed by atoms with van der Waals surface area (Å²) < 4.78 is 5.96. The van der Waals surface area contributed by atoms with E-state index in [4.69, 9.17) is 10.00 Å². The van der Waals surface area contributed by atoms with Gasteiger partial charge in [-0.2, -0.15) is 5.26 Å². The fraction of sp³-hybridized carbons (Fsp3) is 0.409. The van der Waals surface area contributed by atoms with Gasteiger partial charge in [0.05, 0.1) is 6.07 Å². The van der Waals surface area contributed by atoms with Crippen molar-refractivity contribution in [1.82, 2.24) is 0 Å². The molecule has 0 bridgehead atoms. The average molecular weight is 319 g/mol. The largest absolute Gasteiger partial charge is 0.488 e. The predicted molar refractivity (Wildman–Crippen MR) is 98.1 cm³/mol. The van der Waals surface area contributed by atoms with Crippen LogP contribution in [0.1, 0.15) is 62.1 Å². The van der Waals surface area contributed by atoms with E-state index in [-0.39, 0.29) is 0 Å². The Labute approximate surface area is 145 Å². The molecule has 24 heavy (non-hydrogen) atoms. The molecule has 2 aromatic carbocycles. The lowest BCUT2D eigenvalue weighted by atomic mass is 9.87. The summed E-state index contributed by atoms with van der Waals surface area (Å²) >= 11 is 0. The molecule has 0 amide bonds. The molecule has 2 heteroatoms. The van der Waals surface area contributed by atoms with E-state index in [1.165, 1.54) is 47.1 Å². The summed E-state index contributed by atoms with van der Waals surface area (Å²) in [6.07, 6.45) is 4.98. The van der Waals surface area contributed by atoms with Gasteiger partial charge in [0.1, 0.15) is 12.4 Å².